The molecule has 0 bridgehead atoms. The summed E-state index contributed by atoms with van der Waals surface area (Å²) in [5.41, 5.74) is 0.801. The normalized spacial score (nSPS) is 20.8. The summed E-state index contributed by atoms with van der Waals surface area (Å²) in [5, 5.41) is 4.47. The highest BCUT2D eigenvalue weighted by atomic mass is 32.2. The van der Waals surface area contributed by atoms with E-state index in [0.717, 1.165) is 5.71 Å². The molecule has 0 saturated heterocycles. The lowest BCUT2D eigenvalue weighted by Gasteiger charge is -2.11. The Kier molecular flexibility index (Phi) is 4.26. The molecule has 1 heterocycles. The third kappa shape index (κ3) is 3.41. The van der Waals surface area contributed by atoms with Crippen LogP contribution in [0.4, 0.5) is 4.79 Å². The number of amides is 1. The van der Waals surface area contributed by atoms with Gasteiger partial charge in [-0.2, -0.15) is 0 Å². The average molecular weight is 261 g/mol. The highest BCUT2D eigenvalue weighted by molar-refractivity contribution is 8.17. The summed E-state index contributed by atoms with van der Waals surface area (Å²) in [6.07, 6.45) is 1.30. The van der Waals surface area contributed by atoms with Crippen LogP contribution in [0.3, 0.4) is 0 Å². The van der Waals surface area contributed by atoms with Crippen molar-refractivity contribution >= 4 is 40.6 Å². The summed E-state index contributed by atoms with van der Waals surface area (Å²) in [5.74, 6) is 0. The van der Waals surface area contributed by atoms with Crippen LogP contribution >= 0.6 is 23.7 Å². The van der Waals surface area contributed by atoms with Crippen LogP contribution < -0.4 is 0 Å². The minimum absolute atomic E-state index is 0.221. The number of rotatable bonds is 2. The van der Waals surface area contributed by atoms with Crippen molar-refractivity contribution in [3.05, 3.63) is 0 Å². The van der Waals surface area contributed by atoms with Crippen LogP contribution in [-0.2, 0) is 4.84 Å². The maximum absolute atomic E-state index is 11.3. The molecular formula is C9H15N3O2S2. The van der Waals surface area contributed by atoms with Crippen molar-refractivity contribution in [3.8, 4) is 0 Å². The Labute approximate surface area is 104 Å². The molecule has 0 N–H and O–H groups in total. The Bertz CT molecular complexity index is 353. The number of oxime groups is 1. The number of carbonyl (C=O) groups excluding carboxylic acids is 1. The van der Waals surface area contributed by atoms with Crippen LogP contribution in [0.15, 0.2) is 10.1 Å². The van der Waals surface area contributed by atoms with Crippen molar-refractivity contribution in [2.75, 3.05) is 13.3 Å². The summed E-state index contributed by atoms with van der Waals surface area (Å²) in [7, 11) is 1.62. The lowest BCUT2D eigenvalue weighted by Crippen LogP contribution is -2.19. The maximum Gasteiger partial charge on any atom is 0.445 e. The first-order valence-corrected chi connectivity index (χ1v) is 6.68. The fraction of sp³-hybridized carbons (Fsp3) is 0.667. The SMILES string of the molecule is CSN(C)C(=O)ON=C1SC(C)(C)N=C1C. The third-order valence-corrected chi connectivity index (χ3v) is 3.68. The van der Waals surface area contributed by atoms with Gasteiger partial charge in [0, 0.05) is 13.3 Å². The van der Waals surface area contributed by atoms with Gasteiger partial charge < -0.3 is 0 Å². The van der Waals surface area contributed by atoms with E-state index in [1.54, 1.807) is 13.3 Å². The van der Waals surface area contributed by atoms with Gasteiger partial charge in [0.2, 0.25) is 0 Å². The van der Waals surface area contributed by atoms with Crippen molar-refractivity contribution in [2.24, 2.45) is 10.1 Å². The molecule has 0 aliphatic carbocycles. The Hall–Kier alpha value is -0.690. The van der Waals surface area contributed by atoms with Gasteiger partial charge in [-0.3, -0.25) is 14.1 Å². The van der Waals surface area contributed by atoms with Gasteiger partial charge >= 0.3 is 6.09 Å². The van der Waals surface area contributed by atoms with E-state index in [-0.39, 0.29) is 4.87 Å². The Balaban J connectivity index is 2.61. The molecule has 0 radical (unpaired) electrons. The minimum atomic E-state index is -0.488. The molecule has 0 saturated carbocycles. The summed E-state index contributed by atoms with van der Waals surface area (Å²) >= 11 is 2.75. The van der Waals surface area contributed by atoms with Crippen molar-refractivity contribution in [1.29, 1.82) is 0 Å². The van der Waals surface area contributed by atoms with Crippen LogP contribution in [0.1, 0.15) is 20.8 Å². The van der Waals surface area contributed by atoms with Crippen LogP contribution in [0.5, 0.6) is 0 Å². The predicted octanol–water partition coefficient (Wildman–Crippen LogP) is 2.59. The van der Waals surface area contributed by atoms with E-state index in [9.17, 15) is 4.79 Å². The smallest absolute Gasteiger partial charge is 0.296 e. The Morgan fingerprint density at radius 1 is 1.62 bits per heavy atom. The number of thioether (sulfide) groups is 1. The van der Waals surface area contributed by atoms with Gasteiger partial charge in [0.15, 0.2) is 5.04 Å². The Morgan fingerprint density at radius 3 is 2.69 bits per heavy atom. The van der Waals surface area contributed by atoms with E-state index in [2.05, 4.69) is 10.1 Å². The van der Waals surface area contributed by atoms with Crippen molar-refractivity contribution in [1.82, 2.24) is 4.31 Å². The lowest BCUT2D eigenvalue weighted by atomic mass is 10.4. The highest BCUT2D eigenvalue weighted by Crippen LogP contribution is 2.33. The van der Waals surface area contributed by atoms with Gasteiger partial charge in [-0.05, 0) is 32.7 Å². The van der Waals surface area contributed by atoms with Crippen LogP contribution in [0, 0.1) is 0 Å². The maximum atomic E-state index is 11.3. The van der Waals surface area contributed by atoms with E-state index < -0.39 is 6.09 Å². The standard InChI is InChI=1S/C9H15N3O2S2/c1-6-7(16-9(2,3)10-6)11-14-8(13)12(4)15-5/h1-5H3. The molecule has 1 rings (SSSR count). The topological polar surface area (TPSA) is 54.3 Å². The van der Waals surface area contributed by atoms with Gasteiger partial charge in [0.1, 0.15) is 4.87 Å². The number of hydrogen-bond donors (Lipinski definition) is 0. The Morgan fingerprint density at radius 2 is 2.25 bits per heavy atom. The molecule has 0 fully saturated rings. The summed E-state index contributed by atoms with van der Waals surface area (Å²) in [6.45, 7) is 5.83. The van der Waals surface area contributed by atoms with Crippen LogP contribution in [0.25, 0.3) is 0 Å². The predicted molar refractivity (Wildman–Crippen MR) is 70.0 cm³/mol. The number of hydrogen-bond acceptors (Lipinski definition) is 6. The molecule has 5 nitrogen and oxygen atoms in total. The molecule has 0 atom stereocenters. The molecule has 0 aromatic heterocycles. The molecule has 1 amide bonds. The first-order valence-electron chi connectivity index (χ1n) is 4.68. The van der Waals surface area contributed by atoms with Crippen molar-refractivity contribution < 1.29 is 9.63 Å². The molecule has 1 aliphatic rings. The van der Waals surface area contributed by atoms with E-state index in [4.69, 9.17) is 4.84 Å². The zero-order chi connectivity index (χ0) is 12.3. The quantitative estimate of drug-likeness (QED) is 0.435. The molecule has 7 heteroatoms. The zero-order valence-corrected chi connectivity index (χ0v) is 11.6. The van der Waals surface area contributed by atoms with Gasteiger partial charge in [-0.25, -0.2) is 4.79 Å². The van der Waals surface area contributed by atoms with E-state index in [1.165, 1.54) is 28.0 Å². The molecule has 90 valence electrons. The fourth-order valence-electron chi connectivity index (χ4n) is 1.08. The molecule has 0 spiro atoms. The second kappa shape index (κ2) is 5.09. The second-order valence-electron chi connectivity index (χ2n) is 3.68. The van der Waals surface area contributed by atoms with Gasteiger partial charge in [-0.1, -0.05) is 16.9 Å². The summed E-state index contributed by atoms with van der Waals surface area (Å²) in [6, 6.07) is 0. The van der Waals surface area contributed by atoms with Crippen molar-refractivity contribution in [2.45, 2.75) is 25.6 Å². The third-order valence-electron chi connectivity index (χ3n) is 1.83. The second-order valence-corrected chi connectivity index (χ2v) is 6.18. The van der Waals surface area contributed by atoms with E-state index in [0.29, 0.717) is 5.04 Å². The fourth-order valence-corrected chi connectivity index (χ4v) is 2.19. The van der Waals surface area contributed by atoms with Gasteiger partial charge in [-0.15, -0.1) is 0 Å². The number of nitrogens with zero attached hydrogens (tertiary/aromatic N) is 3. The van der Waals surface area contributed by atoms with Gasteiger partial charge in [0.25, 0.3) is 0 Å². The largest absolute Gasteiger partial charge is 0.445 e. The lowest BCUT2D eigenvalue weighted by molar-refractivity contribution is 0.137. The number of aliphatic imine (C=N–C) groups is 1. The molecule has 0 aromatic carbocycles. The summed E-state index contributed by atoms with van der Waals surface area (Å²) < 4.78 is 1.36. The van der Waals surface area contributed by atoms with Crippen LogP contribution in [0.2, 0.25) is 0 Å². The molecule has 0 aromatic rings. The monoisotopic (exact) mass is 261 g/mol. The van der Waals surface area contributed by atoms with E-state index >= 15 is 0 Å². The minimum Gasteiger partial charge on any atom is -0.296 e. The molecule has 1 aliphatic heterocycles. The first-order chi connectivity index (χ1) is 7.35. The molecular weight excluding hydrogens is 246 g/mol. The average Bonchev–Trinajstić information content (AvgIpc) is 2.47. The molecule has 0 unspecified atom stereocenters. The summed E-state index contributed by atoms with van der Waals surface area (Å²) in [4.78, 5) is 20.3. The van der Waals surface area contributed by atoms with E-state index in [1.807, 2.05) is 20.8 Å². The first kappa shape index (κ1) is 13.4. The zero-order valence-electron chi connectivity index (χ0n) is 9.97. The van der Waals surface area contributed by atoms with Crippen molar-refractivity contribution in [3.63, 3.8) is 0 Å². The van der Waals surface area contributed by atoms with Gasteiger partial charge in [0.05, 0.1) is 5.71 Å². The highest BCUT2D eigenvalue weighted by Gasteiger charge is 2.29. The molecule has 16 heavy (non-hydrogen) atoms. The van der Waals surface area contributed by atoms with Crippen LogP contribution in [-0.4, -0.2) is 39.3 Å². The number of carbonyl (C=O) groups is 1.